The van der Waals surface area contributed by atoms with Crippen molar-refractivity contribution < 1.29 is 14.3 Å². The Bertz CT molecular complexity index is 329. The third-order valence-electron chi connectivity index (χ3n) is 1.77. The second-order valence-corrected chi connectivity index (χ2v) is 2.65. The summed E-state index contributed by atoms with van der Waals surface area (Å²) in [6.07, 6.45) is 0. The minimum atomic E-state index is -0.448. The zero-order valence-electron chi connectivity index (χ0n) is 8.03. The first-order valence-corrected chi connectivity index (χ1v) is 4.09. The molecular formula is C10H11NO3. The van der Waals surface area contributed by atoms with E-state index in [1.807, 2.05) is 0 Å². The number of nitrogens with one attached hydrogen (secondary N) is 1. The van der Waals surface area contributed by atoms with Crippen molar-refractivity contribution in [3.63, 3.8) is 0 Å². The standard InChI is InChI=1S/C10H11NO3/c1-11-9(12)7-4-3-5-8(6-7)10(13)14-2/h3-6H,1-2H3,(H,11,12). The van der Waals surface area contributed by atoms with Crippen LogP contribution in [-0.4, -0.2) is 26.0 Å². The lowest BCUT2D eigenvalue weighted by Gasteiger charge is -2.02. The molecule has 0 radical (unpaired) electrons. The topological polar surface area (TPSA) is 55.4 Å². The number of amides is 1. The molecule has 0 aliphatic heterocycles. The molecule has 0 unspecified atom stereocenters. The summed E-state index contributed by atoms with van der Waals surface area (Å²) in [4.78, 5) is 22.3. The highest BCUT2D eigenvalue weighted by atomic mass is 16.5. The Hall–Kier alpha value is -1.84. The quantitative estimate of drug-likeness (QED) is 0.708. The van der Waals surface area contributed by atoms with Gasteiger partial charge in [-0.1, -0.05) is 6.07 Å². The molecule has 74 valence electrons. The minimum absolute atomic E-state index is 0.226. The summed E-state index contributed by atoms with van der Waals surface area (Å²) in [5.41, 5.74) is 0.809. The summed E-state index contributed by atoms with van der Waals surface area (Å²) >= 11 is 0. The Morgan fingerprint density at radius 3 is 2.50 bits per heavy atom. The molecule has 0 aliphatic carbocycles. The molecule has 0 atom stereocenters. The number of carbonyl (C=O) groups excluding carboxylic acids is 2. The van der Waals surface area contributed by atoms with E-state index in [1.165, 1.54) is 20.2 Å². The summed E-state index contributed by atoms with van der Waals surface area (Å²) in [6, 6.07) is 6.35. The van der Waals surface area contributed by atoms with Crippen LogP contribution >= 0.6 is 0 Å². The number of methoxy groups -OCH3 is 1. The molecule has 0 aromatic heterocycles. The van der Waals surface area contributed by atoms with Crippen LogP contribution in [-0.2, 0) is 4.74 Å². The first kappa shape index (κ1) is 10.2. The van der Waals surface area contributed by atoms with E-state index >= 15 is 0 Å². The van der Waals surface area contributed by atoms with E-state index in [1.54, 1.807) is 18.2 Å². The van der Waals surface area contributed by atoms with Crippen LogP contribution in [0.5, 0.6) is 0 Å². The maximum atomic E-state index is 11.2. The third kappa shape index (κ3) is 2.10. The molecule has 0 saturated carbocycles. The van der Waals surface area contributed by atoms with E-state index in [9.17, 15) is 9.59 Å². The molecule has 4 nitrogen and oxygen atoms in total. The smallest absolute Gasteiger partial charge is 0.337 e. The van der Waals surface area contributed by atoms with Gasteiger partial charge in [-0.05, 0) is 18.2 Å². The van der Waals surface area contributed by atoms with Gasteiger partial charge < -0.3 is 10.1 Å². The van der Waals surface area contributed by atoms with Crippen LogP contribution in [0.4, 0.5) is 0 Å². The van der Waals surface area contributed by atoms with Gasteiger partial charge in [0, 0.05) is 12.6 Å². The number of hydrogen-bond donors (Lipinski definition) is 1. The Morgan fingerprint density at radius 1 is 1.29 bits per heavy atom. The van der Waals surface area contributed by atoms with E-state index in [0.717, 1.165) is 0 Å². The summed E-state index contributed by atoms with van der Waals surface area (Å²) in [5.74, 6) is -0.675. The lowest BCUT2D eigenvalue weighted by atomic mass is 10.1. The van der Waals surface area contributed by atoms with Crippen LogP contribution in [0, 0.1) is 0 Å². The Labute approximate surface area is 81.9 Å². The summed E-state index contributed by atoms with van der Waals surface area (Å²) in [5, 5.41) is 2.47. The van der Waals surface area contributed by atoms with Crippen molar-refractivity contribution in [1.82, 2.24) is 5.32 Å². The molecule has 4 heteroatoms. The number of hydrogen-bond acceptors (Lipinski definition) is 3. The van der Waals surface area contributed by atoms with Crippen LogP contribution in [0.25, 0.3) is 0 Å². The molecule has 0 fully saturated rings. The molecule has 1 aromatic rings. The van der Waals surface area contributed by atoms with Gasteiger partial charge in [-0.2, -0.15) is 0 Å². The van der Waals surface area contributed by atoms with Crippen molar-refractivity contribution in [3.05, 3.63) is 35.4 Å². The molecule has 0 saturated heterocycles. The number of ether oxygens (including phenoxy) is 1. The molecule has 0 aliphatic rings. The van der Waals surface area contributed by atoms with E-state index in [4.69, 9.17) is 0 Å². The lowest BCUT2D eigenvalue weighted by molar-refractivity contribution is 0.0600. The second-order valence-electron chi connectivity index (χ2n) is 2.65. The Kier molecular flexibility index (Phi) is 3.23. The molecule has 0 heterocycles. The van der Waals surface area contributed by atoms with Crippen molar-refractivity contribution in [1.29, 1.82) is 0 Å². The van der Waals surface area contributed by atoms with E-state index in [0.29, 0.717) is 11.1 Å². The van der Waals surface area contributed by atoms with Crippen molar-refractivity contribution in [2.45, 2.75) is 0 Å². The largest absolute Gasteiger partial charge is 0.465 e. The van der Waals surface area contributed by atoms with Gasteiger partial charge in [0.15, 0.2) is 0 Å². The molecule has 1 amide bonds. The molecule has 1 N–H and O–H groups in total. The third-order valence-corrected chi connectivity index (χ3v) is 1.77. The number of benzene rings is 1. The molecule has 0 bridgehead atoms. The van der Waals surface area contributed by atoms with Crippen molar-refractivity contribution in [2.75, 3.05) is 14.2 Å². The number of rotatable bonds is 2. The van der Waals surface area contributed by atoms with E-state index in [-0.39, 0.29) is 5.91 Å². The monoisotopic (exact) mass is 193 g/mol. The van der Waals surface area contributed by atoms with Crippen LogP contribution in [0.1, 0.15) is 20.7 Å². The molecular weight excluding hydrogens is 182 g/mol. The number of carbonyl (C=O) groups is 2. The van der Waals surface area contributed by atoms with Crippen molar-refractivity contribution in [3.8, 4) is 0 Å². The second kappa shape index (κ2) is 4.41. The van der Waals surface area contributed by atoms with E-state index in [2.05, 4.69) is 10.1 Å². The highest BCUT2D eigenvalue weighted by Crippen LogP contribution is 2.06. The van der Waals surface area contributed by atoms with Crippen LogP contribution < -0.4 is 5.32 Å². The summed E-state index contributed by atoms with van der Waals surface area (Å²) in [7, 11) is 2.84. The average molecular weight is 193 g/mol. The number of esters is 1. The van der Waals surface area contributed by atoms with Gasteiger partial charge >= 0.3 is 5.97 Å². The van der Waals surface area contributed by atoms with Crippen LogP contribution in [0.15, 0.2) is 24.3 Å². The molecule has 1 rings (SSSR count). The van der Waals surface area contributed by atoms with Crippen molar-refractivity contribution >= 4 is 11.9 Å². The molecule has 14 heavy (non-hydrogen) atoms. The highest BCUT2D eigenvalue weighted by Gasteiger charge is 2.08. The maximum absolute atomic E-state index is 11.2. The average Bonchev–Trinajstić information content (AvgIpc) is 2.27. The first-order valence-electron chi connectivity index (χ1n) is 4.09. The Balaban J connectivity index is 3.01. The van der Waals surface area contributed by atoms with Gasteiger partial charge in [0.25, 0.3) is 5.91 Å². The Morgan fingerprint density at radius 2 is 1.93 bits per heavy atom. The van der Waals surface area contributed by atoms with Gasteiger partial charge in [0.05, 0.1) is 12.7 Å². The van der Waals surface area contributed by atoms with Crippen LogP contribution in [0.2, 0.25) is 0 Å². The summed E-state index contributed by atoms with van der Waals surface area (Å²) < 4.78 is 4.53. The predicted molar refractivity (Wildman–Crippen MR) is 51.2 cm³/mol. The van der Waals surface area contributed by atoms with Gasteiger partial charge in [0.2, 0.25) is 0 Å². The van der Waals surface area contributed by atoms with Gasteiger partial charge in [-0.3, -0.25) is 4.79 Å². The fraction of sp³-hybridized carbons (Fsp3) is 0.200. The minimum Gasteiger partial charge on any atom is -0.465 e. The lowest BCUT2D eigenvalue weighted by Crippen LogP contribution is -2.18. The zero-order chi connectivity index (χ0) is 10.6. The van der Waals surface area contributed by atoms with Crippen LogP contribution in [0.3, 0.4) is 0 Å². The fourth-order valence-electron chi connectivity index (χ4n) is 1.05. The maximum Gasteiger partial charge on any atom is 0.337 e. The highest BCUT2D eigenvalue weighted by molar-refractivity contribution is 5.97. The predicted octanol–water partition coefficient (Wildman–Crippen LogP) is 0.833. The SMILES string of the molecule is CNC(=O)c1cccc(C(=O)OC)c1. The van der Waals surface area contributed by atoms with E-state index < -0.39 is 5.97 Å². The normalized spacial score (nSPS) is 9.29. The van der Waals surface area contributed by atoms with Gasteiger partial charge in [-0.15, -0.1) is 0 Å². The van der Waals surface area contributed by atoms with Gasteiger partial charge in [0.1, 0.15) is 0 Å². The zero-order valence-corrected chi connectivity index (χ0v) is 8.03. The first-order chi connectivity index (χ1) is 6.69. The summed E-state index contributed by atoms with van der Waals surface area (Å²) in [6.45, 7) is 0. The van der Waals surface area contributed by atoms with Gasteiger partial charge in [-0.25, -0.2) is 4.79 Å². The molecule has 1 aromatic carbocycles. The molecule has 0 spiro atoms. The van der Waals surface area contributed by atoms with Crippen molar-refractivity contribution in [2.24, 2.45) is 0 Å². The fourth-order valence-corrected chi connectivity index (χ4v) is 1.05.